The lowest BCUT2D eigenvalue weighted by atomic mass is 9.93. The molecule has 0 saturated heterocycles. The van der Waals surface area contributed by atoms with Crippen LogP contribution in [-0.2, 0) is 6.54 Å². The van der Waals surface area contributed by atoms with Gasteiger partial charge in [0.2, 0.25) is 0 Å². The smallest absolute Gasteiger partial charge is 0.171 e. The maximum Gasteiger partial charge on any atom is 0.171 e. The van der Waals surface area contributed by atoms with Crippen molar-refractivity contribution < 1.29 is 9.53 Å². The number of hydrogen-bond acceptors (Lipinski definition) is 4. The van der Waals surface area contributed by atoms with Crippen LogP contribution in [0.2, 0.25) is 0 Å². The Morgan fingerprint density at radius 3 is 3.17 bits per heavy atom. The topological polar surface area (TPSA) is 57.0 Å². The van der Waals surface area contributed by atoms with E-state index in [2.05, 4.69) is 16.4 Å². The van der Waals surface area contributed by atoms with Crippen molar-refractivity contribution >= 4 is 6.29 Å². The summed E-state index contributed by atoms with van der Waals surface area (Å²) in [4.78, 5) is 10.6. The standard InChI is InChI=1S/C13H13N3O2/c17-9-11-8-16(15-14-11)7-10-5-6-18-13-4-2-1-3-12(10)13/h1-4,8-10H,5-7H2. The second-order valence-electron chi connectivity index (χ2n) is 4.36. The van der Waals surface area contributed by atoms with E-state index in [0.29, 0.717) is 17.9 Å². The summed E-state index contributed by atoms with van der Waals surface area (Å²) < 4.78 is 7.34. The average molecular weight is 243 g/mol. The first-order valence-electron chi connectivity index (χ1n) is 5.94. The monoisotopic (exact) mass is 243 g/mol. The van der Waals surface area contributed by atoms with E-state index in [9.17, 15) is 4.79 Å². The average Bonchev–Trinajstić information content (AvgIpc) is 2.87. The normalized spacial score (nSPS) is 17.9. The van der Waals surface area contributed by atoms with Gasteiger partial charge in [0.25, 0.3) is 0 Å². The molecule has 1 aliphatic rings. The lowest BCUT2D eigenvalue weighted by Gasteiger charge is -2.25. The fraction of sp³-hybridized carbons (Fsp3) is 0.308. The second kappa shape index (κ2) is 4.60. The van der Waals surface area contributed by atoms with Crippen LogP contribution in [0.15, 0.2) is 30.5 Å². The molecule has 2 aromatic rings. The van der Waals surface area contributed by atoms with Crippen LogP contribution in [0.5, 0.6) is 5.75 Å². The van der Waals surface area contributed by atoms with E-state index in [4.69, 9.17) is 4.74 Å². The molecule has 1 aromatic carbocycles. The van der Waals surface area contributed by atoms with E-state index in [-0.39, 0.29) is 0 Å². The maximum atomic E-state index is 10.6. The first-order chi connectivity index (χ1) is 8.86. The van der Waals surface area contributed by atoms with Crippen molar-refractivity contribution in [3.05, 3.63) is 41.7 Å². The predicted molar refractivity (Wildman–Crippen MR) is 64.7 cm³/mol. The molecule has 1 unspecified atom stereocenters. The number of nitrogens with zero attached hydrogens (tertiary/aromatic N) is 3. The Bertz CT molecular complexity index is 565. The summed E-state index contributed by atoms with van der Waals surface area (Å²) in [6.45, 7) is 1.44. The van der Waals surface area contributed by atoms with Gasteiger partial charge in [-0.15, -0.1) is 5.10 Å². The van der Waals surface area contributed by atoms with Crippen LogP contribution in [0.25, 0.3) is 0 Å². The predicted octanol–water partition coefficient (Wildman–Crippen LogP) is 1.66. The molecular weight excluding hydrogens is 230 g/mol. The quantitative estimate of drug-likeness (QED) is 0.769. The van der Waals surface area contributed by atoms with Gasteiger partial charge in [0.05, 0.1) is 12.8 Å². The molecule has 1 atom stereocenters. The molecular formula is C13H13N3O2. The van der Waals surface area contributed by atoms with Crippen molar-refractivity contribution in [3.8, 4) is 5.75 Å². The fourth-order valence-electron chi connectivity index (χ4n) is 2.29. The molecule has 0 spiro atoms. The van der Waals surface area contributed by atoms with Crippen LogP contribution < -0.4 is 4.74 Å². The van der Waals surface area contributed by atoms with Gasteiger partial charge in [0.1, 0.15) is 11.4 Å². The highest BCUT2D eigenvalue weighted by Gasteiger charge is 2.21. The van der Waals surface area contributed by atoms with Gasteiger partial charge >= 0.3 is 0 Å². The number of para-hydroxylation sites is 1. The van der Waals surface area contributed by atoms with Crippen LogP contribution in [0.4, 0.5) is 0 Å². The number of fused-ring (bicyclic) bond motifs is 1. The van der Waals surface area contributed by atoms with Crippen LogP contribution in [-0.4, -0.2) is 27.9 Å². The Morgan fingerprint density at radius 2 is 2.33 bits per heavy atom. The van der Waals surface area contributed by atoms with E-state index in [1.54, 1.807) is 10.9 Å². The van der Waals surface area contributed by atoms with Gasteiger partial charge in [0, 0.05) is 12.5 Å². The molecule has 5 heteroatoms. The van der Waals surface area contributed by atoms with Crippen LogP contribution >= 0.6 is 0 Å². The summed E-state index contributed by atoms with van der Waals surface area (Å²) in [5, 5.41) is 7.72. The first-order valence-corrected chi connectivity index (χ1v) is 5.94. The van der Waals surface area contributed by atoms with E-state index in [0.717, 1.165) is 25.3 Å². The summed E-state index contributed by atoms with van der Waals surface area (Å²) >= 11 is 0. The number of rotatable bonds is 3. The van der Waals surface area contributed by atoms with Gasteiger partial charge in [0.15, 0.2) is 6.29 Å². The number of aldehydes is 1. The van der Waals surface area contributed by atoms with Gasteiger partial charge in [-0.25, -0.2) is 0 Å². The molecule has 92 valence electrons. The number of aromatic nitrogens is 3. The highest BCUT2D eigenvalue weighted by atomic mass is 16.5. The van der Waals surface area contributed by atoms with E-state index >= 15 is 0 Å². The zero-order valence-corrected chi connectivity index (χ0v) is 9.82. The Labute approximate surface area is 104 Å². The molecule has 2 heterocycles. The first kappa shape index (κ1) is 11.0. The minimum atomic E-state index is 0.358. The minimum Gasteiger partial charge on any atom is -0.493 e. The maximum absolute atomic E-state index is 10.6. The highest BCUT2D eigenvalue weighted by Crippen LogP contribution is 2.34. The molecule has 5 nitrogen and oxygen atoms in total. The Morgan fingerprint density at radius 1 is 1.44 bits per heavy atom. The van der Waals surface area contributed by atoms with Crippen molar-refractivity contribution in [2.24, 2.45) is 0 Å². The SMILES string of the molecule is O=Cc1cn(CC2CCOc3ccccc32)nn1. The third-order valence-corrected chi connectivity index (χ3v) is 3.17. The molecule has 1 aliphatic heterocycles. The third kappa shape index (κ3) is 1.99. The van der Waals surface area contributed by atoms with Crippen molar-refractivity contribution in [3.63, 3.8) is 0 Å². The number of carbonyl (C=O) groups is 1. The van der Waals surface area contributed by atoms with Gasteiger partial charge in [-0.3, -0.25) is 9.48 Å². The number of hydrogen-bond donors (Lipinski definition) is 0. The Hall–Kier alpha value is -2.17. The van der Waals surface area contributed by atoms with Gasteiger partial charge in [-0.1, -0.05) is 23.4 Å². The second-order valence-corrected chi connectivity index (χ2v) is 4.36. The van der Waals surface area contributed by atoms with E-state index in [1.165, 1.54) is 5.56 Å². The zero-order chi connectivity index (χ0) is 12.4. The third-order valence-electron chi connectivity index (χ3n) is 3.17. The molecule has 1 aromatic heterocycles. The molecule has 0 amide bonds. The summed E-state index contributed by atoms with van der Waals surface area (Å²) in [5.74, 6) is 1.31. The Kier molecular flexibility index (Phi) is 2.80. The van der Waals surface area contributed by atoms with Gasteiger partial charge in [-0.05, 0) is 18.1 Å². The highest BCUT2D eigenvalue weighted by molar-refractivity contribution is 5.70. The van der Waals surface area contributed by atoms with Crippen LogP contribution in [0, 0.1) is 0 Å². The van der Waals surface area contributed by atoms with Gasteiger partial charge in [-0.2, -0.15) is 0 Å². The lowest BCUT2D eigenvalue weighted by molar-refractivity contribution is 0.111. The van der Waals surface area contributed by atoms with Crippen molar-refractivity contribution in [1.82, 2.24) is 15.0 Å². The van der Waals surface area contributed by atoms with Crippen LogP contribution in [0.1, 0.15) is 28.4 Å². The minimum absolute atomic E-state index is 0.358. The Balaban J connectivity index is 1.83. The number of ether oxygens (including phenoxy) is 1. The van der Waals surface area contributed by atoms with E-state index < -0.39 is 0 Å². The molecule has 0 radical (unpaired) electrons. The van der Waals surface area contributed by atoms with Crippen molar-refractivity contribution in [2.45, 2.75) is 18.9 Å². The summed E-state index contributed by atoms with van der Waals surface area (Å²) in [6.07, 6.45) is 3.33. The molecule has 0 fully saturated rings. The van der Waals surface area contributed by atoms with Crippen molar-refractivity contribution in [1.29, 1.82) is 0 Å². The van der Waals surface area contributed by atoms with Gasteiger partial charge < -0.3 is 4.74 Å². The number of benzene rings is 1. The molecule has 0 N–H and O–H groups in total. The summed E-state index contributed by atoms with van der Waals surface area (Å²) in [6, 6.07) is 8.05. The fourth-order valence-corrected chi connectivity index (χ4v) is 2.29. The molecule has 18 heavy (non-hydrogen) atoms. The zero-order valence-electron chi connectivity index (χ0n) is 9.82. The lowest BCUT2D eigenvalue weighted by Crippen LogP contribution is -2.18. The number of carbonyl (C=O) groups excluding carboxylic acids is 1. The summed E-state index contributed by atoms with van der Waals surface area (Å²) in [5.41, 5.74) is 1.57. The molecule has 0 bridgehead atoms. The molecule has 0 aliphatic carbocycles. The van der Waals surface area contributed by atoms with Crippen LogP contribution in [0.3, 0.4) is 0 Å². The largest absolute Gasteiger partial charge is 0.493 e. The molecule has 0 saturated carbocycles. The molecule has 3 rings (SSSR count). The van der Waals surface area contributed by atoms with Crippen molar-refractivity contribution in [2.75, 3.05) is 6.61 Å². The van der Waals surface area contributed by atoms with E-state index in [1.807, 2.05) is 18.2 Å². The summed E-state index contributed by atoms with van der Waals surface area (Å²) in [7, 11) is 0.